The third kappa shape index (κ3) is 3.91. The molecule has 0 radical (unpaired) electrons. The van der Waals surface area contributed by atoms with Crippen LogP contribution >= 0.6 is 11.6 Å². The maximum absolute atomic E-state index is 11.7. The van der Waals surface area contributed by atoms with Crippen molar-refractivity contribution in [2.75, 3.05) is 20.2 Å². The highest BCUT2D eigenvalue weighted by molar-refractivity contribution is 6.32. The van der Waals surface area contributed by atoms with E-state index in [0.29, 0.717) is 17.3 Å². The van der Waals surface area contributed by atoms with Crippen LogP contribution in [0.2, 0.25) is 5.02 Å². The van der Waals surface area contributed by atoms with E-state index in [-0.39, 0.29) is 18.6 Å². The largest absolute Gasteiger partial charge is 0.482 e. The first-order valence-corrected chi connectivity index (χ1v) is 5.77. The highest BCUT2D eigenvalue weighted by Gasteiger charge is 2.15. The monoisotopic (exact) mass is 256 g/mol. The zero-order chi connectivity index (χ0) is 12.8. The molecule has 0 heterocycles. The van der Waals surface area contributed by atoms with E-state index >= 15 is 0 Å². The zero-order valence-electron chi connectivity index (χ0n) is 10.0. The van der Waals surface area contributed by atoms with Crippen molar-refractivity contribution in [2.45, 2.75) is 13.0 Å². The Balaban J connectivity index is 2.51. The van der Waals surface area contributed by atoms with Crippen molar-refractivity contribution >= 4 is 17.5 Å². The number of nitrogens with two attached hydrogens (primary N) is 1. The van der Waals surface area contributed by atoms with Crippen LogP contribution in [-0.4, -0.2) is 37.0 Å². The minimum atomic E-state index is -0.122. The van der Waals surface area contributed by atoms with Gasteiger partial charge in [-0.2, -0.15) is 0 Å². The quantitative estimate of drug-likeness (QED) is 0.869. The molecule has 1 amide bonds. The van der Waals surface area contributed by atoms with Gasteiger partial charge >= 0.3 is 0 Å². The molecule has 5 heteroatoms. The fraction of sp³-hybridized carbons (Fsp3) is 0.417. The van der Waals surface area contributed by atoms with Crippen LogP contribution in [0.1, 0.15) is 6.92 Å². The van der Waals surface area contributed by atoms with Gasteiger partial charge in [-0.15, -0.1) is 0 Å². The van der Waals surface area contributed by atoms with Crippen molar-refractivity contribution < 1.29 is 9.53 Å². The van der Waals surface area contributed by atoms with Gasteiger partial charge in [0.05, 0.1) is 5.02 Å². The van der Waals surface area contributed by atoms with Crippen LogP contribution in [0.4, 0.5) is 0 Å². The zero-order valence-corrected chi connectivity index (χ0v) is 10.8. The second-order valence-electron chi connectivity index (χ2n) is 3.81. The van der Waals surface area contributed by atoms with Crippen molar-refractivity contribution in [2.24, 2.45) is 5.73 Å². The van der Waals surface area contributed by atoms with Gasteiger partial charge in [0.2, 0.25) is 0 Å². The molecule has 0 aliphatic heterocycles. The number of halogens is 1. The lowest BCUT2D eigenvalue weighted by atomic mass is 10.3. The molecule has 4 nitrogen and oxygen atoms in total. The summed E-state index contributed by atoms with van der Waals surface area (Å²) in [6.07, 6.45) is 0. The summed E-state index contributed by atoms with van der Waals surface area (Å²) in [6.45, 7) is 2.27. The number of ether oxygens (including phenoxy) is 1. The van der Waals surface area contributed by atoms with Gasteiger partial charge in [0, 0.05) is 19.6 Å². The molecule has 0 aliphatic carbocycles. The molecule has 1 aromatic rings. The second-order valence-corrected chi connectivity index (χ2v) is 4.22. The van der Waals surface area contributed by atoms with Crippen LogP contribution < -0.4 is 10.5 Å². The Morgan fingerprint density at radius 2 is 2.18 bits per heavy atom. The molecule has 1 atom stereocenters. The van der Waals surface area contributed by atoms with Crippen molar-refractivity contribution in [1.29, 1.82) is 0 Å². The molecular formula is C12H17ClN2O2. The minimum absolute atomic E-state index is 0.00246. The Labute approximate surface area is 106 Å². The Hall–Kier alpha value is -1.26. The average Bonchev–Trinajstić information content (AvgIpc) is 2.35. The summed E-state index contributed by atoms with van der Waals surface area (Å²) in [6, 6.07) is 7.05. The van der Waals surface area contributed by atoms with E-state index < -0.39 is 0 Å². The molecule has 0 aromatic heterocycles. The summed E-state index contributed by atoms with van der Waals surface area (Å²) in [4.78, 5) is 13.3. The van der Waals surface area contributed by atoms with Gasteiger partial charge in [0.1, 0.15) is 5.75 Å². The average molecular weight is 257 g/mol. The molecule has 2 N–H and O–H groups in total. The maximum Gasteiger partial charge on any atom is 0.260 e. The molecule has 0 bridgehead atoms. The van der Waals surface area contributed by atoms with E-state index in [9.17, 15) is 4.79 Å². The topological polar surface area (TPSA) is 55.6 Å². The smallest absolute Gasteiger partial charge is 0.260 e. The van der Waals surface area contributed by atoms with Crippen LogP contribution in [0, 0.1) is 0 Å². The van der Waals surface area contributed by atoms with Crippen LogP contribution in [0.3, 0.4) is 0 Å². The molecule has 0 fully saturated rings. The number of nitrogens with zero attached hydrogens (tertiary/aromatic N) is 1. The number of rotatable bonds is 5. The molecule has 0 aliphatic rings. The predicted molar refractivity (Wildman–Crippen MR) is 68.2 cm³/mol. The number of amides is 1. The number of hydrogen-bond acceptors (Lipinski definition) is 3. The summed E-state index contributed by atoms with van der Waals surface area (Å²) in [5.41, 5.74) is 5.49. The summed E-state index contributed by atoms with van der Waals surface area (Å²) in [7, 11) is 1.70. The fourth-order valence-electron chi connectivity index (χ4n) is 1.21. The van der Waals surface area contributed by atoms with Gasteiger partial charge in [0.25, 0.3) is 5.91 Å². The van der Waals surface area contributed by atoms with Gasteiger partial charge in [-0.05, 0) is 19.1 Å². The normalized spacial score (nSPS) is 12.0. The summed E-state index contributed by atoms with van der Waals surface area (Å²) >= 11 is 5.91. The Kier molecular flexibility index (Phi) is 5.25. The summed E-state index contributed by atoms with van der Waals surface area (Å²) in [5, 5.41) is 0.495. The molecule has 1 unspecified atom stereocenters. The molecule has 17 heavy (non-hydrogen) atoms. The van der Waals surface area contributed by atoms with Gasteiger partial charge in [-0.25, -0.2) is 0 Å². The fourth-order valence-corrected chi connectivity index (χ4v) is 1.40. The standard InChI is InChI=1S/C12H17ClN2O2/c1-9(7-14)15(2)12(16)8-17-11-6-4-3-5-10(11)13/h3-6,9H,7-8,14H2,1-2H3. The first kappa shape index (κ1) is 13.8. The first-order chi connectivity index (χ1) is 8.06. The number of likely N-dealkylation sites (N-methyl/N-ethyl adjacent to an activating group) is 1. The van der Waals surface area contributed by atoms with Gasteiger partial charge in [-0.1, -0.05) is 23.7 Å². The van der Waals surface area contributed by atoms with Crippen LogP contribution in [0.15, 0.2) is 24.3 Å². The van der Waals surface area contributed by atoms with E-state index in [1.807, 2.05) is 6.92 Å². The molecular weight excluding hydrogens is 240 g/mol. The summed E-state index contributed by atoms with van der Waals surface area (Å²) in [5.74, 6) is 0.388. The number of para-hydroxylation sites is 1. The van der Waals surface area contributed by atoms with E-state index in [2.05, 4.69) is 0 Å². The molecule has 0 saturated carbocycles. The van der Waals surface area contributed by atoms with E-state index in [1.54, 1.807) is 36.2 Å². The first-order valence-electron chi connectivity index (χ1n) is 5.39. The maximum atomic E-state index is 11.7. The van der Waals surface area contributed by atoms with Crippen molar-refractivity contribution in [3.8, 4) is 5.75 Å². The number of carbonyl (C=O) groups is 1. The third-order valence-corrected chi connectivity index (χ3v) is 2.90. The minimum Gasteiger partial charge on any atom is -0.482 e. The predicted octanol–water partition coefficient (Wildman–Crippen LogP) is 1.52. The Morgan fingerprint density at radius 1 is 1.53 bits per heavy atom. The lowest BCUT2D eigenvalue weighted by Gasteiger charge is -2.23. The Bertz CT molecular complexity index is 385. The van der Waals surface area contributed by atoms with Crippen molar-refractivity contribution in [3.63, 3.8) is 0 Å². The lowest BCUT2D eigenvalue weighted by Crippen LogP contribution is -2.42. The number of carbonyl (C=O) groups excluding carboxylic acids is 1. The van der Waals surface area contributed by atoms with Gasteiger partial charge in [0.15, 0.2) is 6.61 Å². The highest BCUT2D eigenvalue weighted by atomic mass is 35.5. The molecule has 1 rings (SSSR count). The molecule has 0 saturated heterocycles. The van der Waals surface area contributed by atoms with E-state index in [0.717, 1.165) is 0 Å². The SMILES string of the molecule is CC(CN)N(C)C(=O)COc1ccccc1Cl. The number of benzene rings is 1. The van der Waals surface area contributed by atoms with Gasteiger partial charge < -0.3 is 15.4 Å². The van der Waals surface area contributed by atoms with E-state index in [4.69, 9.17) is 22.1 Å². The molecule has 94 valence electrons. The van der Waals surface area contributed by atoms with Crippen molar-refractivity contribution in [3.05, 3.63) is 29.3 Å². The lowest BCUT2D eigenvalue weighted by molar-refractivity contribution is -0.133. The van der Waals surface area contributed by atoms with Crippen LogP contribution in [-0.2, 0) is 4.79 Å². The molecule has 0 spiro atoms. The van der Waals surface area contributed by atoms with Crippen LogP contribution in [0.25, 0.3) is 0 Å². The molecule has 1 aromatic carbocycles. The van der Waals surface area contributed by atoms with E-state index in [1.165, 1.54) is 0 Å². The summed E-state index contributed by atoms with van der Waals surface area (Å²) < 4.78 is 5.35. The highest BCUT2D eigenvalue weighted by Crippen LogP contribution is 2.22. The van der Waals surface area contributed by atoms with Crippen LogP contribution in [0.5, 0.6) is 5.75 Å². The second kappa shape index (κ2) is 6.47. The van der Waals surface area contributed by atoms with Gasteiger partial charge in [-0.3, -0.25) is 4.79 Å². The van der Waals surface area contributed by atoms with Crippen molar-refractivity contribution in [1.82, 2.24) is 4.90 Å². The third-order valence-electron chi connectivity index (χ3n) is 2.58. The number of hydrogen-bond donors (Lipinski definition) is 1. The Morgan fingerprint density at radius 3 is 2.76 bits per heavy atom.